The Hall–Kier alpha value is -1.66. The lowest BCUT2D eigenvalue weighted by Gasteiger charge is -2.33. The maximum Gasteiger partial charge on any atom is 0.188 e. The third-order valence-corrected chi connectivity index (χ3v) is 3.43. The second-order valence-corrected chi connectivity index (χ2v) is 4.77. The van der Waals surface area contributed by atoms with Crippen LogP contribution in [0.5, 0.6) is 0 Å². The van der Waals surface area contributed by atoms with Crippen LogP contribution in [0.15, 0.2) is 12.1 Å². The summed E-state index contributed by atoms with van der Waals surface area (Å²) >= 11 is 0. The van der Waals surface area contributed by atoms with Gasteiger partial charge in [-0.1, -0.05) is 6.07 Å². The standard InChI is InChI=1S/C14H15NO2/c1-9-4-11(3)12(5-10(9)2)13(16)14(6-15)7-17-8-14/h4-5H,7-8H2,1-3H3. The number of benzene rings is 1. The van der Waals surface area contributed by atoms with Crippen LogP contribution in [0.3, 0.4) is 0 Å². The molecule has 1 heterocycles. The van der Waals surface area contributed by atoms with E-state index < -0.39 is 5.41 Å². The zero-order valence-electron chi connectivity index (χ0n) is 10.3. The van der Waals surface area contributed by atoms with Crippen LogP contribution in [0.25, 0.3) is 0 Å². The van der Waals surface area contributed by atoms with Crippen molar-refractivity contribution >= 4 is 5.78 Å². The Kier molecular flexibility index (Phi) is 2.76. The first-order valence-corrected chi connectivity index (χ1v) is 5.62. The SMILES string of the molecule is Cc1cc(C)c(C(=O)C2(C#N)COC2)cc1C. The highest BCUT2D eigenvalue weighted by Crippen LogP contribution is 2.32. The fourth-order valence-electron chi connectivity index (χ4n) is 2.02. The molecule has 0 amide bonds. The van der Waals surface area contributed by atoms with Crippen molar-refractivity contribution in [3.8, 4) is 6.07 Å². The second kappa shape index (κ2) is 3.97. The Morgan fingerprint density at radius 1 is 1.24 bits per heavy atom. The van der Waals surface area contributed by atoms with Crippen LogP contribution in [0, 0.1) is 37.5 Å². The summed E-state index contributed by atoms with van der Waals surface area (Å²) in [6.45, 7) is 6.33. The molecule has 3 nitrogen and oxygen atoms in total. The number of nitriles is 1. The van der Waals surface area contributed by atoms with E-state index >= 15 is 0 Å². The normalized spacial score (nSPS) is 17.1. The largest absolute Gasteiger partial charge is 0.377 e. The van der Waals surface area contributed by atoms with E-state index in [0.29, 0.717) is 5.56 Å². The molecular weight excluding hydrogens is 214 g/mol. The molecule has 0 aromatic heterocycles. The van der Waals surface area contributed by atoms with Crippen LogP contribution in [0.2, 0.25) is 0 Å². The van der Waals surface area contributed by atoms with Crippen molar-refractivity contribution in [2.75, 3.05) is 13.2 Å². The summed E-state index contributed by atoms with van der Waals surface area (Å²) in [5.41, 5.74) is 2.87. The van der Waals surface area contributed by atoms with Crippen molar-refractivity contribution in [1.29, 1.82) is 5.26 Å². The molecule has 1 fully saturated rings. The first kappa shape index (κ1) is 11.8. The van der Waals surface area contributed by atoms with Crippen LogP contribution in [0.1, 0.15) is 27.0 Å². The Morgan fingerprint density at radius 2 is 1.82 bits per heavy atom. The van der Waals surface area contributed by atoms with E-state index in [1.54, 1.807) is 0 Å². The summed E-state index contributed by atoms with van der Waals surface area (Å²) in [5, 5.41) is 9.13. The minimum Gasteiger partial charge on any atom is -0.377 e. The molecule has 0 N–H and O–H groups in total. The second-order valence-electron chi connectivity index (χ2n) is 4.77. The van der Waals surface area contributed by atoms with E-state index in [1.807, 2.05) is 32.9 Å². The summed E-state index contributed by atoms with van der Waals surface area (Å²) in [7, 11) is 0. The molecule has 0 saturated carbocycles. The van der Waals surface area contributed by atoms with Crippen LogP contribution in [0.4, 0.5) is 0 Å². The lowest BCUT2D eigenvalue weighted by atomic mass is 9.78. The maximum absolute atomic E-state index is 12.4. The van der Waals surface area contributed by atoms with Gasteiger partial charge in [-0.05, 0) is 43.5 Å². The number of Topliss-reactive ketones (excluding diaryl/α,β-unsaturated/α-hetero) is 1. The van der Waals surface area contributed by atoms with E-state index in [2.05, 4.69) is 6.07 Å². The number of rotatable bonds is 2. The van der Waals surface area contributed by atoms with Gasteiger partial charge in [-0.3, -0.25) is 4.79 Å². The molecule has 1 aliphatic heterocycles. The summed E-state index contributed by atoms with van der Waals surface area (Å²) in [5.74, 6) is -0.105. The first-order chi connectivity index (χ1) is 8.00. The molecule has 0 spiro atoms. The zero-order chi connectivity index (χ0) is 12.6. The lowest BCUT2D eigenvalue weighted by Crippen LogP contribution is -2.48. The van der Waals surface area contributed by atoms with E-state index in [9.17, 15) is 4.79 Å². The Labute approximate surface area is 101 Å². The highest BCUT2D eigenvalue weighted by atomic mass is 16.5. The van der Waals surface area contributed by atoms with Crippen molar-refractivity contribution in [3.63, 3.8) is 0 Å². The van der Waals surface area contributed by atoms with Gasteiger partial charge >= 0.3 is 0 Å². The molecule has 1 saturated heterocycles. The number of aryl methyl sites for hydroxylation is 3. The average molecular weight is 229 g/mol. The maximum atomic E-state index is 12.4. The highest BCUT2D eigenvalue weighted by molar-refractivity contribution is 6.04. The fraction of sp³-hybridized carbons (Fsp3) is 0.429. The number of carbonyl (C=O) groups is 1. The smallest absolute Gasteiger partial charge is 0.188 e. The molecule has 1 aromatic carbocycles. The van der Waals surface area contributed by atoms with E-state index in [4.69, 9.17) is 10.00 Å². The van der Waals surface area contributed by atoms with Gasteiger partial charge in [-0.2, -0.15) is 5.26 Å². The zero-order valence-corrected chi connectivity index (χ0v) is 10.3. The van der Waals surface area contributed by atoms with E-state index in [-0.39, 0.29) is 19.0 Å². The Balaban J connectivity index is 2.45. The van der Waals surface area contributed by atoms with Gasteiger partial charge in [0.25, 0.3) is 0 Å². The Bertz CT molecular complexity index is 522. The summed E-state index contributed by atoms with van der Waals surface area (Å²) < 4.78 is 5.02. The van der Waals surface area contributed by atoms with Crippen LogP contribution >= 0.6 is 0 Å². The monoisotopic (exact) mass is 229 g/mol. The number of hydrogen-bond donors (Lipinski definition) is 0. The van der Waals surface area contributed by atoms with Gasteiger partial charge in [0, 0.05) is 5.56 Å². The summed E-state index contributed by atoms with van der Waals surface area (Å²) in [6.07, 6.45) is 0. The number of carbonyl (C=O) groups excluding carboxylic acids is 1. The molecule has 0 atom stereocenters. The van der Waals surface area contributed by atoms with Gasteiger partial charge in [-0.25, -0.2) is 0 Å². The molecule has 1 aliphatic rings. The van der Waals surface area contributed by atoms with Crippen molar-refractivity contribution in [2.24, 2.45) is 5.41 Å². The number of nitrogens with zero attached hydrogens (tertiary/aromatic N) is 1. The van der Waals surface area contributed by atoms with Gasteiger partial charge in [0.1, 0.15) is 0 Å². The molecule has 0 radical (unpaired) electrons. The first-order valence-electron chi connectivity index (χ1n) is 5.62. The van der Waals surface area contributed by atoms with Gasteiger partial charge in [0.15, 0.2) is 11.2 Å². The predicted molar refractivity (Wildman–Crippen MR) is 63.8 cm³/mol. The molecule has 2 rings (SSSR count). The van der Waals surface area contributed by atoms with Crippen molar-refractivity contribution in [1.82, 2.24) is 0 Å². The predicted octanol–water partition coefficient (Wildman–Crippen LogP) is 2.33. The van der Waals surface area contributed by atoms with Gasteiger partial charge in [0.05, 0.1) is 19.3 Å². The molecule has 0 bridgehead atoms. The minimum atomic E-state index is -0.952. The topological polar surface area (TPSA) is 50.1 Å². The van der Waals surface area contributed by atoms with Crippen LogP contribution in [-0.2, 0) is 4.74 Å². The van der Waals surface area contributed by atoms with Gasteiger partial charge < -0.3 is 4.74 Å². The average Bonchev–Trinajstić information content (AvgIpc) is 2.22. The van der Waals surface area contributed by atoms with E-state index in [1.165, 1.54) is 0 Å². The van der Waals surface area contributed by atoms with Crippen LogP contribution < -0.4 is 0 Å². The number of hydrogen-bond acceptors (Lipinski definition) is 3. The third-order valence-electron chi connectivity index (χ3n) is 3.43. The fourth-order valence-corrected chi connectivity index (χ4v) is 2.02. The lowest BCUT2D eigenvalue weighted by molar-refractivity contribution is -0.0566. The quantitative estimate of drug-likeness (QED) is 0.731. The van der Waals surface area contributed by atoms with Crippen molar-refractivity contribution in [2.45, 2.75) is 20.8 Å². The number of ketones is 1. The van der Waals surface area contributed by atoms with Crippen LogP contribution in [-0.4, -0.2) is 19.0 Å². The molecule has 0 unspecified atom stereocenters. The van der Waals surface area contributed by atoms with Gasteiger partial charge in [0.2, 0.25) is 0 Å². The van der Waals surface area contributed by atoms with Crippen molar-refractivity contribution < 1.29 is 9.53 Å². The molecule has 88 valence electrons. The highest BCUT2D eigenvalue weighted by Gasteiger charge is 2.47. The molecule has 17 heavy (non-hydrogen) atoms. The molecule has 0 aliphatic carbocycles. The third kappa shape index (κ3) is 1.75. The molecule has 1 aromatic rings. The summed E-state index contributed by atoms with van der Waals surface area (Å²) in [6, 6.07) is 5.97. The van der Waals surface area contributed by atoms with E-state index in [0.717, 1.165) is 16.7 Å². The summed E-state index contributed by atoms with van der Waals surface area (Å²) in [4.78, 5) is 12.4. The van der Waals surface area contributed by atoms with Gasteiger partial charge in [-0.15, -0.1) is 0 Å². The van der Waals surface area contributed by atoms with Crippen molar-refractivity contribution in [3.05, 3.63) is 34.4 Å². The minimum absolute atomic E-state index is 0.105. The Morgan fingerprint density at radius 3 is 2.29 bits per heavy atom. The molecular formula is C14H15NO2. The molecule has 3 heteroatoms. The number of ether oxygens (including phenoxy) is 1.